The molecule has 0 aliphatic carbocycles. The Kier molecular flexibility index (Phi) is 5.32. The van der Waals surface area contributed by atoms with E-state index in [-0.39, 0.29) is 0 Å². The van der Waals surface area contributed by atoms with Gasteiger partial charge >= 0.3 is 0 Å². The predicted octanol–water partition coefficient (Wildman–Crippen LogP) is 5.18. The lowest BCUT2D eigenvalue weighted by Crippen LogP contribution is -2.10. The molecule has 0 bridgehead atoms. The summed E-state index contributed by atoms with van der Waals surface area (Å²) >= 11 is 9.40. The second-order valence-electron chi connectivity index (χ2n) is 4.52. The molecule has 4 heteroatoms. The first kappa shape index (κ1) is 15.2. The average Bonchev–Trinajstić information content (AvgIpc) is 2.36. The van der Waals surface area contributed by atoms with Crippen LogP contribution in [0.25, 0.3) is 0 Å². The lowest BCUT2D eigenvalue weighted by atomic mass is 10.1. The first-order valence-corrected chi connectivity index (χ1v) is 7.51. The Morgan fingerprint density at radius 1 is 1.00 bits per heavy atom. The highest BCUT2D eigenvalue weighted by atomic mass is 79.9. The summed E-state index contributed by atoms with van der Waals surface area (Å²) in [6.07, 6.45) is 0. The summed E-state index contributed by atoms with van der Waals surface area (Å²) in [7, 11) is 0. The maximum absolute atomic E-state index is 5.99. The molecule has 0 saturated heterocycles. The van der Waals surface area contributed by atoms with Gasteiger partial charge in [0, 0.05) is 9.50 Å². The maximum Gasteiger partial charge on any atom is 0.125 e. The fourth-order valence-corrected chi connectivity index (χ4v) is 2.69. The first-order chi connectivity index (χ1) is 9.56. The molecule has 0 aliphatic rings. The van der Waals surface area contributed by atoms with Crippen molar-refractivity contribution in [2.75, 3.05) is 13.2 Å². The Hall–Kier alpha value is -1.19. The van der Waals surface area contributed by atoms with Crippen molar-refractivity contribution in [1.29, 1.82) is 0 Å². The fourth-order valence-electron chi connectivity index (χ4n) is 1.99. The van der Waals surface area contributed by atoms with Gasteiger partial charge in [0.15, 0.2) is 0 Å². The Morgan fingerprint density at radius 2 is 1.65 bits per heavy atom. The van der Waals surface area contributed by atoms with Crippen molar-refractivity contribution in [1.82, 2.24) is 0 Å². The Balaban J connectivity index is 1.88. The zero-order valence-electron chi connectivity index (χ0n) is 11.5. The second-order valence-corrected chi connectivity index (χ2v) is 5.88. The Morgan fingerprint density at radius 3 is 2.30 bits per heavy atom. The van der Waals surface area contributed by atoms with Crippen LogP contribution in [0.4, 0.5) is 0 Å². The van der Waals surface area contributed by atoms with Crippen molar-refractivity contribution in [2.45, 2.75) is 13.8 Å². The van der Waals surface area contributed by atoms with Gasteiger partial charge in [0.25, 0.3) is 0 Å². The third-order valence-electron chi connectivity index (χ3n) is 2.82. The van der Waals surface area contributed by atoms with Crippen LogP contribution in [0.2, 0.25) is 5.02 Å². The first-order valence-electron chi connectivity index (χ1n) is 6.34. The molecule has 2 aromatic rings. The number of hydrogen-bond donors (Lipinski definition) is 0. The van der Waals surface area contributed by atoms with Crippen LogP contribution in [-0.2, 0) is 0 Å². The Bertz CT molecular complexity index is 576. The van der Waals surface area contributed by atoms with Crippen LogP contribution < -0.4 is 9.47 Å². The lowest BCUT2D eigenvalue weighted by Gasteiger charge is -2.13. The van der Waals surface area contributed by atoms with Gasteiger partial charge in [-0.15, -0.1) is 0 Å². The van der Waals surface area contributed by atoms with Gasteiger partial charge in [-0.3, -0.25) is 0 Å². The normalized spacial score (nSPS) is 10.4. The smallest absolute Gasteiger partial charge is 0.125 e. The molecule has 0 amide bonds. The van der Waals surface area contributed by atoms with Gasteiger partial charge in [-0.25, -0.2) is 0 Å². The van der Waals surface area contributed by atoms with E-state index in [9.17, 15) is 0 Å². The van der Waals surface area contributed by atoms with Crippen LogP contribution in [0.5, 0.6) is 11.5 Å². The summed E-state index contributed by atoms with van der Waals surface area (Å²) in [6, 6.07) is 11.6. The monoisotopic (exact) mass is 354 g/mol. The van der Waals surface area contributed by atoms with Crippen molar-refractivity contribution in [3.63, 3.8) is 0 Å². The van der Waals surface area contributed by atoms with Gasteiger partial charge in [-0.05, 0) is 55.3 Å². The van der Waals surface area contributed by atoms with Crippen LogP contribution >= 0.6 is 27.5 Å². The minimum absolute atomic E-state index is 0.496. The van der Waals surface area contributed by atoms with Crippen molar-refractivity contribution in [2.24, 2.45) is 0 Å². The van der Waals surface area contributed by atoms with E-state index in [0.29, 0.717) is 13.2 Å². The van der Waals surface area contributed by atoms with Gasteiger partial charge in [-0.1, -0.05) is 33.6 Å². The summed E-state index contributed by atoms with van der Waals surface area (Å²) in [5, 5.41) is 0.734. The average molecular weight is 356 g/mol. The highest BCUT2D eigenvalue weighted by Crippen LogP contribution is 2.27. The summed E-state index contributed by atoms with van der Waals surface area (Å²) in [5.74, 6) is 1.71. The molecular weight excluding hydrogens is 340 g/mol. The molecule has 106 valence electrons. The summed E-state index contributed by atoms with van der Waals surface area (Å²) < 4.78 is 12.4. The molecule has 0 aliphatic heterocycles. The van der Waals surface area contributed by atoms with Gasteiger partial charge in [0.1, 0.15) is 24.7 Å². The zero-order chi connectivity index (χ0) is 14.5. The molecule has 0 saturated carbocycles. The Labute approximate surface area is 132 Å². The molecule has 2 nitrogen and oxygen atoms in total. The van der Waals surface area contributed by atoms with Gasteiger partial charge in [-0.2, -0.15) is 0 Å². The number of rotatable bonds is 5. The van der Waals surface area contributed by atoms with Crippen LogP contribution in [0.1, 0.15) is 11.1 Å². The van der Waals surface area contributed by atoms with Crippen LogP contribution in [-0.4, -0.2) is 13.2 Å². The van der Waals surface area contributed by atoms with Gasteiger partial charge in [0.2, 0.25) is 0 Å². The quantitative estimate of drug-likeness (QED) is 0.688. The highest BCUT2D eigenvalue weighted by Gasteiger charge is 2.05. The molecule has 0 atom stereocenters. The van der Waals surface area contributed by atoms with E-state index in [1.165, 1.54) is 0 Å². The fraction of sp³-hybridized carbons (Fsp3) is 0.250. The van der Waals surface area contributed by atoms with E-state index < -0.39 is 0 Å². The van der Waals surface area contributed by atoms with E-state index in [0.717, 1.165) is 32.1 Å². The molecule has 20 heavy (non-hydrogen) atoms. The molecular formula is C16H16BrClO2. The summed E-state index contributed by atoms with van der Waals surface area (Å²) in [4.78, 5) is 0. The topological polar surface area (TPSA) is 18.5 Å². The third-order valence-corrected chi connectivity index (χ3v) is 3.53. The van der Waals surface area contributed by atoms with E-state index in [4.69, 9.17) is 21.1 Å². The predicted molar refractivity (Wildman–Crippen MR) is 86.1 cm³/mol. The molecule has 0 unspecified atom stereocenters. The lowest BCUT2D eigenvalue weighted by molar-refractivity contribution is 0.215. The van der Waals surface area contributed by atoms with E-state index >= 15 is 0 Å². The number of aryl methyl sites for hydroxylation is 2. The van der Waals surface area contributed by atoms with E-state index in [1.54, 1.807) is 0 Å². The minimum Gasteiger partial charge on any atom is -0.490 e. The molecule has 0 spiro atoms. The van der Waals surface area contributed by atoms with Crippen LogP contribution in [0, 0.1) is 13.8 Å². The number of hydrogen-bond acceptors (Lipinski definition) is 2. The van der Waals surface area contributed by atoms with E-state index in [1.807, 2.05) is 50.2 Å². The van der Waals surface area contributed by atoms with Gasteiger partial charge in [0.05, 0.1) is 0 Å². The number of benzene rings is 2. The molecule has 2 rings (SSSR count). The van der Waals surface area contributed by atoms with Gasteiger partial charge < -0.3 is 9.47 Å². The minimum atomic E-state index is 0.496. The third kappa shape index (κ3) is 4.15. The molecule has 0 heterocycles. The largest absolute Gasteiger partial charge is 0.490 e. The van der Waals surface area contributed by atoms with Crippen LogP contribution in [0.3, 0.4) is 0 Å². The summed E-state index contributed by atoms with van der Waals surface area (Å²) in [6.45, 7) is 4.97. The molecule has 0 fully saturated rings. The number of halogens is 2. The highest BCUT2D eigenvalue weighted by molar-refractivity contribution is 9.10. The molecule has 0 radical (unpaired) electrons. The standard InChI is InChI=1S/C16H16BrClO2/c1-11-8-14(18)9-12(2)16(11)20-7-6-19-15-5-3-4-13(17)10-15/h3-5,8-10H,6-7H2,1-2H3. The molecule has 0 aromatic heterocycles. The second kappa shape index (κ2) is 7.00. The maximum atomic E-state index is 5.99. The van der Waals surface area contributed by atoms with E-state index in [2.05, 4.69) is 15.9 Å². The van der Waals surface area contributed by atoms with Crippen molar-refractivity contribution in [3.05, 3.63) is 57.0 Å². The van der Waals surface area contributed by atoms with Crippen molar-refractivity contribution >= 4 is 27.5 Å². The summed E-state index contributed by atoms with van der Waals surface area (Å²) in [5.41, 5.74) is 2.08. The SMILES string of the molecule is Cc1cc(Cl)cc(C)c1OCCOc1cccc(Br)c1. The number of ether oxygens (including phenoxy) is 2. The van der Waals surface area contributed by atoms with Crippen molar-refractivity contribution in [3.8, 4) is 11.5 Å². The zero-order valence-corrected chi connectivity index (χ0v) is 13.8. The molecule has 2 aromatic carbocycles. The van der Waals surface area contributed by atoms with Crippen LogP contribution in [0.15, 0.2) is 40.9 Å². The van der Waals surface area contributed by atoms with Crippen molar-refractivity contribution < 1.29 is 9.47 Å². The molecule has 0 N–H and O–H groups in total.